The molecular formula is C28H35ClN4O3S. The second-order valence-corrected chi connectivity index (χ2v) is 11.7. The average Bonchev–Trinajstić information content (AvgIpc) is 2.88. The monoisotopic (exact) mass is 542 g/mol. The van der Waals surface area contributed by atoms with Crippen LogP contribution in [0.4, 0.5) is 11.4 Å². The first-order valence-corrected chi connectivity index (χ1v) is 14.0. The number of rotatable bonds is 11. The van der Waals surface area contributed by atoms with E-state index in [1.54, 1.807) is 51.1 Å². The van der Waals surface area contributed by atoms with E-state index in [4.69, 9.17) is 16.6 Å². The summed E-state index contributed by atoms with van der Waals surface area (Å²) in [5.41, 5.74) is 2.60. The van der Waals surface area contributed by atoms with E-state index in [0.29, 0.717) is 34.5 Å². The number of amides is 1. The van der Waals surface area contributed by atoms with Gasteiger partial charge in [-0.2, -0.15) is 0 Å². The van der Waals surface area contributed by atoms with Crippen molar-refractivity contribution in [3.8, 4) is 0 Å². The molecule has 0 aliphatic carbocycles. The van der Waals surface area contributed by atoms with Gasteiger partial charge in [-0.05, 0) is 63.1 Å². The second kappa shape index (κ2) is 13.9. The number of carbonyl (C=O) groups excluding carboxylic acids is 1. The number of benzene rings is 2. The van der Waals surface area contributed by atoms with Crippen molar-refractivity contribution >= 4 is 50.8 Å². The second-order valence-electron chi connectivity index (χ2n) is 8.82. The van der Waals surface area contributed by atoms with E-state index in [2.05, 4.69) is 29.1 Å². The van der Waals surface area contributed by atoms with Gasteiger partial charge in [0.1, 0.15) is 5.84 Å². The predicted octanol–water partition coefficient (Wildman–Crippen LogP) is 6.59. The first-order valence-electron chi connectivity index (χ1n) is 12.1. The lowest BCUT2D eigenvalue weighted by Crippen LogP contribution is -2.16. The molecule has 2 N–H and O–H groups in total. The lowest BCUT2D eigenvalue weighted by Gasteiger charge is -2.15. The molecule has 0 fully saturated rings. The summed E-state index contributed by atoms with van der Waals surface area (Å²) in [6.07, 6.45) is 3.58. The van der Waals surface area contributed by atoms with Crippen LogP contribution in [0.3, 0.4) is 0 Å². The highest BCUT2D eigenvalue weighted by Crippen LogP contribution is 2.26. The van der Waals surface area contributed by atoms with Crippen molar-refractivity contribution < 1.29 is 13.2 Å². The van der Waals surface area contributed by atoms with Crippen molar-refractivity contribution in [1.29, 1.82) is 0 Å². The molecule has 0 aliphatic rings. The first-order chi connectivity index (χ1) is 17.5. The van der Waals surface area contributed by atoms with Gasteiger partial charge in [0.05, 0.1) is 27.4 Å². The molecule has 0 saturated carbocycles. The lowest BCUT2D eigenvalue weighted by molar-refractivity contribution is -0.111. The summed E-state index contributed by atoms with van der Waals surface area (Å²) in [5.74, 6) is 0.451. The fourth-order valence-corrected chi connectivity index (χ4v) is 4.47. The van der Waals surface area contributed by atoms with Gasteiger partial charge < -0.3 is 10.6 Å². The quantitative estimate of drug-likeness (QED) is 0.190. The normalized spacial score (nSPS) is 13.9. The number of sulfone groups is 1. The zero-order valence-corrected chi connectivity index (χ0v) is 23.5. The molecule has 198 valence electrons. The van der Waals surface area contributed by atoms with E-state index >= 15 is 0 Å². The summed E-state index contributed by atoms with van der Waals surface area (Å²) in [4.78, 5) is 21.0. The molecule has 2 rings (SSSR count). The number of hydrogen-bond acceptors (Lipinski definition) is 5. The van der Waals surface area contributed by atoms with Crippen LogP contribution >= 0.6 is 11.6 Å². The van der Waals surface area contributed by atoms with Crippen LogP contribution in [0, 0.1) is 5.92 Å². The molecule has 1 atom stereocenters. The van der Waals surface area contributed by atoms with E-state index < -0.39 is 15.1 Å². The number of hydrogen-bond donors (Lipinski definition) is 2. The van der Waals surface area contributed by atoms with Gasteiger partial charge in [-0.25, -0.2) is 13.4 Å². The third-order valence-electron chi connectivity index (χ3n) is 5.66. The number of allylic oxidation sites excluding steroid dienone is 2. The Morgan fingerprint density at radius 1 is 1.11 bits per heavy atom. The van der Waals surface area contributed by atoms with Crippen molar-refractivity contribution in [1.82, 2.24) is 0 Å². The fourth-order valence-electron chi connectivity index (χ4n) is 3.17. The minimum absolute atomic E-state index is 0.0922. The largest absolute Gasteiger partial charge is 0.357 e. The number of nitrogens with zero attached hydrogens (tertiary/aromatic N) is 2. The zero-order chi connectivity index (χ0) is 27.6. The van der Waals surface area contributed by atoms with E-state index in [9.17, 15) is 13.2 Å². The van der Waals surface area contributed by atoms with Crippen LogP contribution in [-0.4, -0.2) is 31.6 Å². The Hall–Kier alpha value is -3.23. The SMILES string of the molecule is C=CC(=O)Nc1cccc(CN=C(N=CC(Cl)=C(C)Nc2ccccc2S(=O)(=O)C(C)C)C(C)CC)c1. The third kappa shape index (κ3) is 8.68. The van der Waals surface area contributed by atoms with Crippen molar-refractivity contribution in [2.24, 2.45) is 15.9 Å². The van der Waals surface area contributed by atoms with Crippen molar-refractivity contribution in [2.45, 2.75) is 57.7 Å². The molecular weight excluding hydrogens is 508 g/mol. The fraction of sp³-hybridized carbons (Fsp3) is 0.321. The highest BCUT2D eigenvalue weighted by Gasteiger charge is 2.22. The Bertz CT molecular complexity index is 1310. The van der Waals surface area contributed by atoms with Gasteiger partial charge in [0.15, 0.2) is 9.84 Å². The van der Waals surface area contributed by atoms with Crippen LogP contribution in [0.2, 0.25) is 0 Å². The van der Waals surface area contributed by atoms with E-state index in [-0.39, 0.29) is 16.7 Å². The number of halogens is 1. The molecule has 0 heterocycles. The molecule has 0 saturated heterocycles. The van der Waals surface area contributed by atoms with Crippen molar-refractivity contribution in [2.75, 3.05) is 10.6 Å². The molecule has 1 unspecified atom stereocenters. The maximum atomic E-state index is 12.7. The lowest BCUT2D eigenvalue weighted by atomic mass is 10.1. The van der Waals surface area contributed by atoms with Gasteiger partial charge in [-0.15, -0.1) is 0 Å². The molecule has 0 aliphatic heterocycles. The van der Waals surface area contributed by atoms with Crippen LogP contribution in [0.25, 0.3) is 0 Å². The van der Waals surface area contributed by atoms with Crippen molar-refractivity contribution in [3.05, 3.63) is 77.5 Å². The summed E-state index contributed by atoms with van der Waals surface area (Å²) in [5, 5.41) is 5.64. The number of nitrogens with one attached hydrogen (secondary N) is 2. The van der Waals surface area contributed by atoms with Gasteiger partial charge in [0.2, 0.25) is 5.91 Å². The number of para-hydroxylation sites is 1. The third-order valence-corrected chi connectivity index (χ3v) is 8.25. The molecule has 0 spiro atoms. The topological polar surface area (TPSA) is 100.0 Å². The highest BCUT2D eigenvalue weighted by atomic mass is 35.5. The minimum atomic E-state index is -3.47. The number of amidine groups is 1. The molecule has 0 radical (unpaired) electrons. The Kier molecular flexibility index (Phi) is 11.3. The summed E-state index contributed by atoms with van der Waals surface area (Å²) in [7, 11) is -3.47. The summed E-state index contributed by atoms with van der Waals surface area (Å²) in [6.45, 7) is 13.0. The summed E-state index contributed by atoms with van der Waals surface area (Å²) >= 11 is 6.52. The first kappa shape index (κ1) is 30.0. The Morgan fingerprint density at radius 2 is 1.81 bits per heavy atom. The zero-order valence-electron chi connectivity index (χ0n) is 22.0. The predicted molar refractivity (Wildman–Crippen MR) is 155 cm³/mol. The van der Waals surface area contributed by atoms with Crippen molar-refractivity contribution in [3.63, 3.8) is 0 Å². The Labute approximate surface area is 225 Å². The highest BCUT2D eigenvalue weighted by molar-refractivity contribution is 7.92. The summed E-state index contributed by atoms with van der Waals surface area (Å²) in [6, 6.07) is 14.2. The standard InChI is InChI=1S/C28H35ClN4O3S/c1-7-20(5)28(30-17-22-12-11-13-23(16-22)33-27(34)8-2)31-18-24(29)21(6)32-25-14-9-10-15-26(25)37(35,36)19(3)4/h8-16,18-20,32H,2,7,17H2,1,3-6H3,(H,33,34). The molecule has 2 aromatic rings. The van der Waals surface area contributed by atoms with Crippen LogP contribution in [0.1, 0.15) is 46.6 Å². The molecule has 0 bridgehead atoms. The van der Waals surface area contributed by atoms with Crippen LogP contribution in [0.15, 0.2) is 86.8 Å². The average molecular weight is 543 g/mol. The number of anilines is 2. The molecule has 1 amide bonds. The van der Waals surface area contributed by atoms with Gasteiger partial charge in [-0.3, -0.25) is 9.79 Å². The molecule has 0 aromatic heterocycles. The molecule has 2 aromatic carbocycles. The Morgan fingerprint density at radius 3 is 2.46 bits per heavy atom. The van der Waals surface area contributed by atoms with Gasteiger partial charge >= 0.3 is 0 Å². The van der Waals surface area contributed by atoms with Gasteiger partial charge in [0.25, 0.3) is 0 Å². The number of aliphatic imine (C=N–C) groups is 2. The number of carbonyl (C=O) groups is 1. The maximum absolute atomic E-state index is 12.7. The molecule has 37 heavy (non-hydrogen) atoms. The van der Waals surface area contributed by atoms with Gasteiger partial charge in [0, 0.05) is 23.5 Å². The van der Waals surface area contributed by atoms with Crippen LogP contribution in [0.5, 0.6) is 0 Å². The molecule has 7 nitrogen and oxygen atoms in total. The van der Waals surface area contributed by atoms with E-state index in [1.807, 2.05) is 25.1 Å². The van der Waals surface area contributed by atoms with E-state index in [1.165, 1.54) is 12.3 Å². The smallest absolute Gasteiger partial charge is 0.247 e. The molecule has 9 heteroatoms. The summed E-state index contributed by atoms with van der Waals surface area (Å²) < 4.78 is 25.5. The van der Waals surface area contributed by atoms with Gasteiger partial charge in [-0.1, -0.05) is 56.3 Å². The minimum Gasteiger partial charge on any atom is -0.357 e. The van der Waals surface area contributed by atoms with Crippen LogP contribution < -0.4 is 10.6 Å². The van der Waals surface area contributed by atoms with Crippen LogP contribution in [-0.2, 0) is 21.2 Å². The van der Waals surface area contributed by atoms with E-state index in [0.717, 1.165) is 12.0 Å². The Balaban J connectivity index is 2.27. The maximum Gasteiger partial charge on any atom is 0.247 e.